The van der Waals surface area contributed by atoms with E-state index in [0.717, 1.165) is 0 Å². The molecule has 15 heavy (non-hydrogen) atoms. The van der Waals surface area contributed by atoms with Crippen LogP contribution in [0.3, 0.4) is 0 Å². The lowest BCUT2D eigenvalue weighted by Crippen LogP contribution is -2.42. The van der Waals surface area contributed by atoms with Crippen molar-refractivity contribution in [1.82, 2.24) is 9.97 Å². The van der Waals surface area contributed by atoms with Crippen LogP contribution in [0.15, 0.2) is 10.8 Å². The molecule has 1 aromatic rings. The largest absolute Gasteiger partial charge is 0.394 e. The highest BCUT2D eigenvalue weighted by molar-refractivity contribution is 9.10. The lowest BCUT2D eigenvalue weighted by molar-refractivity contribution is 0.147. The Bertz CT molecular complexity index is 347. The molecule has 3 N–H and O–H groups in total. The van der Waals surface area contributed by atoms with E-state index in [2.05, 4.69) is 31.2 Å². The van der Waals surface area contributed by atoms with Gasteiger partial charge in [0.25, 0.3) is 0 Å². The van der Waals surface area contributed by atoms with E-state index in [4.69, 9.17) is 21.8 Å². The predicted molar refractivity (Wildman–Crippen MR) is 60.9 cm³/mol. The smallest absolute Gasteiger partial charge is 0.148 e. The molecule has 1 rings (SSSR count). The van der Waals surface area contributed by atoms with Crippen LogP contribution in [0.2, 0.25) is 5.15 Å². The highest BCUT2D eigenvalue weighted by Crippen LogP contribution is 2.27. The van der Waals surface area contributed by atoms with Crippen molar-refractivity contribution in [2.24, 2.45) is 0 Å². The third kappa shape index (κ3) is 3.01. The molecule has 0 aromatic carbocycles. The molecule has 0 spiro atoms. The third-order valence-corrected chi connectivity index (χ3v) is 3.13. The molecule has 5 nitrogen and oxygen atoms in total. The van der Waals surface area contributed by atoms with Crippen molar-refractivity contribution in [3.8, 4) is 0 Å². The summed E-state index contributed by atoms with van der Waals surface area (Å²) in [6.45, 7) is 1.21. The van der Waals surface area contributed by atoms with Crippen LogP contribution in [0.1, 0.15) is 6.92 Å². The van der Waals surface area contributed by atoms with E-state index in [9.17, 15) is 0 Å². The van der Waals surface area contributed by atoms with Crippen LogP contribution >= 0.6 is 27.5 Å². The topological polar surface area (TPSA) is 78.3 Å². The summed E-state index contributed by atoms with van der Waals surface area (Å²) in [6.07, 6.45) is 1.30. The van der Waals surface area contributed by atoms with Crippen molar-refractivity contribution in [3.63, 3.8) is 0 Å². The van der Waals surface area contributed by atoms with E-state index in [1.807, 2.05) is 0 Å². The molecule has 0 fully saturated rings. The lowest BCUT2D eigenvalue weighted by atomic mass is 10.1. The van der Waals surface area contributed by atoms with Crippen LogP contribution in [-0.4, -0.2) is 38.9 Å². The van der Waals surface area contributed by atoms with Gasteiger partial charge in [0.1, 0.15) is 17.3 Å². The molecule has 0 bridgehead atoms. The van der Waals surface area contributed by atoms with Gasteiger partial charge in [-0.05, 0) is 22.9 Å². The number of rotatable bonds is 4. The highest BCUT2D eigenvalue weighted by atomic mass is 79.9. The molecule has 0 aliphatic heterocycles. The molecule has 7 heteroatoms. The van der Waals surface area contributed by atoms with E-state index < -0.39 is 5.54 Å². The van der Waals surface area contributed by atoms with Crippen molar-refractivity contribution in [1.29, 1.82) is 0 Å². The number of nitrogens with zero attached hydrogens (tertiary/aromatic N) is 2. The Hall–Kier alpha value is -0.430. The van der Waals surface area contributed by atoms with Crippen LogP contribution in [-0.2, 0) is 0 Å². The summed E-state index contributed by atoms with van der Waals surface area (Å²) in [5.41, 5.74) is -0.847. The molecule has 0 radical (unpaired) electrons. The molecular weight excluding hydrogens is 285 g/mol. The molecule has 1 heterocycles. The summed E-state index contributed by atoms with van der Waals surface area (Å²) in [5.74, 6) is 0.431. The predicted octanol–water partition coefficient (Wildman–Crippen LogP) is 1.05. The van der Waals surface area contributed by atoms with Crippen LogP contribution in [0, 0.1) is 0 Å². The zero-order valence-corrected chi connectivity index (χ0v) is 10.4. The number of hydrogen-bond donors (Lipinski definition) is 3. The van der Waals surface area contributed by atoms with Crippen molar-refractivity contribution in [2.45, 2.75) is 12.5 Å². The zero-order valence-electron chi connectivity index (χ0n) is 8.04. The lowest BCUT2D eigenvalue weighted by Gasteiger charge is -2.27. The quantitative estimate of drug-likeness (QED) is 0.724. The monoisotopic (exact) mass is 295 g/mol. The maximum Gasteiger partial charge on any atom is 0.148 e. The van der Waals surface area contributed by atoms with Gasteiger partial charge in [-0.1, -0.05) is 11.6 Å². The molecule has 0 aliphatic carbocycles. The van der Waals surface area contributed by atoms with Gasteiger partial charge in [-0.3, -0.25) is 0 Å². The SMILES string of the molecule is CC(CO)(CO)Nc1ncnc(Cl)c1Br. The Morgan fingerprint density at radius 1 is 1.47 bits per heavy atom. The van der Waals surface area contributed by atoms with E-state index in [0.29, 0.717) is 10.3 Å². The third-order valence-electron chi connectivity index (χ3n) is 1.87. The Morgan fingerprint density at radius 3 is 2.60 bits per heavy atom. The van der Waals surface area contributed by atoms with Gasteiger partial charge in [-0.25, -0.2) is 9.97 Å². The number of nitrogens with one attached hydrogen (secondary N) is 1. The highest BCUT2D eigenvalue weighted by Gasteiger charge is 2.24. The van der Waals surface area contributed by atoms with Crippen LogP contribution in [0.25, 0.3) is 0 Å². The van der Waals surface area contributed by atoms with Gasteiger partial charge in [-0.2, -0.15) is 0 Å². The molecule has 84 valence electrons. The molecule has 0 aliphatic rings. The maximum absolute atomic E-state index is 9.09. The van der Waals surface area contributed by atoms with Gasteiger partial charge >= 0.3 is 0 Å². The minimum atomic E-state index is -0.847. The average molecular weight is 297 g/mol. The number of anilines is 1. The standard InChI is InChI=1S/C8H11BrClN3O2/c1-8(2-14,3-15)13-7-5(9)6(10)11-4-12-7/h4,14-15H,2-3H2,1H3,(H,11,12,13). The zero-order chi connectivity index (χ0) is 11.5. The minimum absolute atomic E-state index is 0.225. The van der Waals surface area contributed by atoms with Gasteiger partial charge in [0.15, 0.2) is 0 Å². The van der Waals surface area contributed by atoms with Gasteiger partial charge < -0.3 is 15.5 Å². The Balaban J connectivity index is 2.94. The number of aliphatic hydroxyl groups is 2. The first-order valence-electron chi connectivity index (χ1n) is 4.18. The summed E-state index contributed by atoms with van der Waals surface area (Å²) in [6, 6.07) is 0. The van der Waals surface area contributed by atoms with Gasteiger partial charge in [0.05, 0.1) is 23.2 Å². The molecule has 0 amide bonds. The number of aromatic nitrogens is 2. The first kappa shape index (κ1) is 12.6. The number of hydrogen-bond acceptors (Lipinski definition) is 5. The first-order valence-corrected chi connectivity index (χ1v) is 5.35. The summed E-state index contributed by atoms with van der Waals surface area (Å²) in [7, 11) is 0. The normalized spacial score (nSPS) is 11.5. The second-order valence-electron chi connectivity index (χ2n) is 3.33. The van der Waals surface area contributed by atoms with E-state index in [1.54, 1.807) is 6.92 Å². The second-order valence-corrected chi connectivity index (χ2v) is 4.48. The van der Waals surface area contributed by atoms with E-state index in [-0.39, 0.29) is 18.4 Å². The maximum atomic E-state index is 9.09. The minimum Gasteiger partial charge on any atom is -0.394 e. The van der Waals surface area contributed by atoms with Crippen molar-refractivity contribution >= 4 is 33.3 Å². The summed E-state index contributed by atoms with van der Waals surface area (Å²) >= 11 is 8.97. The van der Waals surface area contributed by atoms with Crippen molar-refractivity contribution in [3.05, 3.63) is 16.0 Å². The fourth-order valence-corrected chi connectivity index (χ4v) is 1.29. The van der Waals surface area contributed by atoms with Crippen LogP contribution < -0.4 is 5.32 Å². The molecule has 0 atom stereocenters. The Morgan fingerprint density at radius 2 is 2.07 bits per heavy atom. The van der Waals surface area contributed by atoms with Gasteiger partial charge in [0, 0.05) is 0 Å². The van der Waals surface area contributed by atoms with Crippen LogP contribution in [0.4, 0.5) is 5.82 Å². The first-order chi connectivity index (χ1) is 7.02. The Kier molecular flexibility index (Phi) is 4.27. The van der Waals surface area contributed by atoms with E-state index >= 15 is 0 Å². The number of aliphatic hydroxyl groups excluding tert-OH is 2. The van der Waals surface area contributed by atoms with Gasteiger partial charge in [-0.15, -0.1) is 0 Å². The second kappa shape index (κ2) is 5.07. The molecule has 0 unspecified atom stereocenters. The number of halogens is 2. The van der Waals surface area contributed by atoms with Crippen molar-refractivity contribution in [2.75, 3.05) is 18.5 Å². The van der Waals surface area contributed by atoms with Crippen LogP contribution in [0.5, 0.6) is 0 Å². The summed E-state index contributed by atoms with van der Waals surface area (Å²) in [5, 5.41) is 21.3. The fourth-order valence-electron chi connectivity index (χ4n) is 0.850. The molecular formula is C8H11BrClN3O2. The Labute approximate surface area is 101 Å². The fraction of sp³-hybridized carbons (Fsp3) is 0.500. The van der Waals surface area contributed by atoms with Gasteiger partial charge in [0.2, 0.25) is 0 Å². The average Bonchev–Trinajstić information content (AvgIpc) is 2.25. The summed E-state index contributed by atoms with van der Waals surface area (Å²) in [4.78, 5) is 7.71. The van der Waals surface area contributed by atoms with Crippen molar-refractivity contribution < 1.29 is 10.2 Å². The molecule has 0 saturated heterocycles. The van der Waals surface area contributed by atoms with E-state index in [1.165, 1.54) is 6.33 Å². The molecule has 1 aromatic heterocycles. The summed E-state index contributed by atoms with van der Waals surface area (Å²) < 4.78 is 0.500. The molecule has 0 saturated carbocycles.